The number of nitrogens with two attached hydrogens (primary N) is 1. The molecular weight excluding hydrogens is 336 g/mol. The Hall–Kier alpha value is -0.840. The molecule has 0 aromatic heterocycles. The normalized spacial score (nSPS) is 14.0. The maximum Gasteiger partial charge on any atom is 0.124 e. The minimum absolute atomic E-state index is 0.146. The number of hydrogen-bond acceptors (Lipinski definition) is 2. The second-order valence-corrected chi connectivity index (χ2v) is 5.85. The van der Waals surface area contributed by atoms with Crippen LogP contribution in [0.4, 0.5) is 4.39 Å². The molecule has 0 radical (unpaired) electrons. The van der Waals surface area contributed by atoms with Gasteiger partial charge in [-0.15, -0.1) is 0 Å². The van der Waals surface area contributed by atoms with Gasteiger partial charge in [-0.05, 0) is 35.4 Å². The molecule has 0 aliphatic heterocycles. The smallest absolute Gasteiger partial charge is 0.124 e. The maximum absolute atomic E-state index is 13.1. The van der Waals surface area contributed by atoms with Crippen LogP contribution < -0.4 is 5.73 Å². The van der Waals surface area contributed by atoms with Crippen LogP contribution >= 0.6 is 34.8 Å². The van der Waals surface area contributed by atoms with E-state index in [9.17, 15) is 9.50 Å². The average molecular weight is 349 g/mol. The second kappa shape index (κ2) is 6.95. The van der Waals surface area contributed by atoms with Crippen molar-refractivity contribution in [3.8, 4) is 0 Å². The summed E-state index contributed by atoms with van der Waals surface area (Å²) in [6.45, 7) is 0.146. The molecular formula is C15H13Cl3FNO. The fourth-order valence-electron chi connectivity index (χ4n) is 2.16. The molecule has 0 saturated heterocycles. The van der Waals surface area contributed by atoms with Crippen molar-refractivity contribution in [2.24, 2.45) is 5.73 Å². The van der Waals surface area contributed by atoms with Crippen LogP contribution in [0.3, 0.4) is 0 Å². The van der Waals surface area contributed by atoms with Gasteiger partial charge in [0.2, 0.25) is 0 Å². The zero-order chi connectivity index (χ0) is 15.6. The summed E-state index contributed by atoms with van der Waals surface area (Å²) < 4.78 is 13.1. The monoisotopic (exact) mass is 347 g/mol. The first kappa shape index (κ1) is 16.5. The lowest BCUT2D eigenvalue weighted by atomic mass is 9.89. The molecule has 2 atom stereocenters. The zero-order valence-electron chi connectivity index (χ0n) is 10.9. The molecule has 112 valence electrons. The number of hydrogen-bond donors (Lipinski definition) is 2. The summed E-state index contributed by atoms with van der Waals surface area (Å²) in [5.74, 6) is -0.918. The Balaban J connectivity index is 2.37. The lowest BCUT2D eigenvalue weighted by Gasteiger charge is -2.23. The first-order valence-electron chi connectivity index (χ1n) is 6.22. The SMILES string of the molecule is NCC(c1ccc(F)cc1Cl)C(O)c1ccc(Cl)c(Cl)c1. The van der Waals surface area contributed by atoms with E-state index in [0.29, 0.717) is 21.2 Å². The van der Waals surface area contributed by atoms with E-state index < -0.39 is 17.8 Å². The van der Waals surface area contributed by atoms with Crippen LogP contribution in [0.1, 0.15) is 23.1 Å². The Morgan fingerprint density at radius 3 is 2.29 bits per heavy atom. The molecule has 0 heterocycles. The van der Waals surface area contributed by atoms with Crippen LogP contribution in [-0.2, 0) is 0 Å². The first-order valence-corrected chi connectivity index (χ1v) is 7.35. The molecule has 2 nitrogen and oxygen atoms in total. The highest BCUT2D eigenvalue weighted by atomic mass is 35.5. The molecule has 2 unspecified atom stereocenters. The Labute approximate surface area is 137 Å². The third-order valence-electron chi connectivity index (χ3n) is 3.28. The summed E-state index contributed by atoms with van der Waals surface area (Å²) >= 11 is 17.8. The standard InChI is InChI=1S/C15H13Cl3FNO/c16-12-4-1-8(5-14(12)18)15(21)11(7-20)10-3-2-9(19)6-13(10)17/h1-6,11,15,21H,7,20H2. The molecule has 0 fully saturated rings. The Morgan fingerprint density at radius 2 is 1.71 bits per heavy atom. The van der Waals surface area contributed by atoms with Crippen molar-refractivity contribution in [3.05, 3.63) is 68.4 Å². The summed E-state index contributed by atoms with van der Waals surface area (Å²) in [5.41, 5.74) is 6.90. The van der Waals surface area contributed by atoms with Crippen LogP contribution in [0.15, 0.2) is 36.4 Å². The predicted molar refractivity (Wildman–Crippen MR) is 84.6 cm³/mol. The summed E-state index contributed by atoms with van der Waals surface area (Å²) in [6, 6.07) is 8.85. The molecule has 0 bridgehead atoms. The summed E-state index contributed by atoms with van der Waals surface area (Å²) in [6.07, 6.45) is -0.923. The summed E-state index contributed by atoms with van der Waals surface area (Å²) in [7, 11) is 0. The average Bonchev–Trinajstić information content (AvgIpc) is 2.44. The third kappa shape index (κ3) is 3.68. The van der Waals surface area contributed by atoms with Crippen LogP contribution in [0, 0.1) is 5.82 Å². The van der Waals surface area contributed by atoms with Gasteiger partial charge in [0.25, 0.3) is 0 Å². The van der Waals surface area contributed by atoms with Crippen molar-refractivity contribution < 1.29 is 9.50 Å². The molecule has 3 N–H and O–H groups in total. The highest BCUT2D eigenvalue weighted by Gasteiger charge is 2.24. The van der Waals surface area contributed by atoms with E-state index in [1.54, 1.807) is 18.2 Å². The lowest BCUT2D eigenvalue weighted by Crippen LogP contribution is -2.20. The predicted octanol–water partition coefficient (Wildman–Crippen LogP) is 4.56. The highest BCUT2D eigenvalue weighted by molar-refractivity contribution is 6.42. The molecule has 0 amide bonds. The molecule has 6 heteroatoms. The van der Waals surface area contributed by atoms with Crippen molar-refractivity contribution in [1.29, 1.82) is 0 Å². The molecule has 0 aliphatic carbocycles. The van der Waals surface area contributed by atoms with Gasteiger partial charge in [0.1, 0.15) is 5.82 Å². The Kier molecular flexibility index (Phi) is 5.47. The van der Waals surface area contributed by atoms with Crippen LogP contribution in [0.5, 0.6) is 0 Å². The second-order valence-electron chi connectivity index (χ2n) is 4.63. The zero-order valence-corrected chi connectivity index (χ0v) is 13.1. The number of benzene rings is 2. The Morgan fingerprint density at radius 1 is 1.00 bits per heavy atom. The van der Waals surface area contributed by atoms with E-state index in [4.69, 9.17) is 40.5 Å². The van der Waals surface area contributed by atoms with E-state index in [0.717, 1.165) is 0 Å². The van der Waals surface area contributed by atoms with Gasteiger partial charge in [-0.3, -0.25) is 0 Å². The quantitative estimate of drug-likeness (QED) is 0.850. The molecule has 2 rings (SSSR count). The van der Waals surface area contributed by atoms with E-state index in [1.165, 1.54) is 18.2 Å². The summed E-state index contributed by atoms with van der Waals surface area (Å²) in [5, 5.41) is 11.5. The minimum Gasteiger partial charge on any atom is -0.388 e. The highest BCUT2D eigenvalue weighted by Crippen LogP contribution is 2.36. The van der Waals surface area contributed by atoms with Crippen LogP contribution in [0.2, 0.25) is 15.1 Å². The molecule has 21 heavy (non-hydrogen) atoms. The van der Waals surface area contributed by atoms with Crippen molar-refractivity contribution >= 4 is 34.8 Å². The van der Waals surface area contributed by atoms with Gasteiger partial charge in [0.15, 0.2) is 0 Å². The maximum atomic E-state index is 13.1. The van der Waals surface area contributed by atoms with E-state index >= 15 is 0 Å². The minimum atomic E-state index is -0.923. The largest absolute Gasteiger partial charge is 0.388 e. The fourth-order valence-corrected chi connectivity index (χ4v) is 2.77. The van der Waals surface area contributed by atoms with Crippen molar-refractivity contribution in [2.45, 2.75) is 12.0 Å². The Bertz CT molecular complexity index is 651. The van der Waals surface area contributed by atoms with Gasteiger partial charge in [-0.1, -0.05) is 46.9 Å². The number of aliphatic hydroxyl groups is 1. The number of aliphatic hydroxyl groups excluding tert-OH is 1. The summed E-state index contributed by atoms with van der Waals surface area (Å²) in [4.78, 5) is 0. The van der Waals surface area contributed by atoms with Crippen molar-refractivity contribution in [1.82, 2.24) is 0 Å². The number of rotatable bonds is 4. The topological polar surface area (TPSA) is 46.2 Å². The van der Waals surface area contributed by atoms with Crippen LogP contribution in [-0.4, -0.2) is 11.7 Å². The molecule has 2 aromatic carbocycles. The van der Waals surface area contributed by atoms with Crippen molar-refractivity contribution in [3.63, 3.8) is 0 Å². The third-order valence-corrected chi connectivity index (χ3v) is 4.35. The van der Waals surface area contributed by atoms with Gasteiger partial charge in [-0.25, -0.2) is 4.39 Å². The lowest BCUT2D eigenvalue weighted by molar-refractivity contribution is 0.147. The van der Waals surface area contributed by atoms with Gasteiger partial charge >= 0.3 is 0 Å². The van der Waals surface area contributed by atoms with Gasteiger partial charge in [0.05, 0.1) is 16.1 Å². The van der Waals surface area contributed by atoms with Crippen LogP contribution in [0.25, 0.3) is 0 Å². The van der Waals surface area contributed by atoms with E-state index in [-0.39, 0.29) is 11.6 Å². The number of halogens is 4. The van der Waals surface area contributed by atoms with Gasteiger partial charge < -0.3 is 10.8 Å². The molecule has 2 aromatic rings. The van der Waals surface area contributed by atoms with Gasteiger partial charge in [-0.2, -0.15) is 0 Å². The molecule has 0 saturated carbocycles. The first-order chi connectivity index (χ1) is 9.93. The molecule has 0 spiro atoms. The fraction of sp³-hybridized carbons (Fsp3) is 0.200. The van der Waals surface area contributed by atoms with Crippen molar-refractivity contribution in [2.75, 3.05) is 6.54 Å². The van der Waals surface area contributed by atoms with E-state index in [1.807, 2.05) is 0 Å². The van der Waals surface area contributed by atoms with E-state index in [2.05, 4.69) is 0 Å². The molecule has 0 aliphatic rings. The van der Waals surface area contributed by atoms with Gasteiger partial charge in [0, 0.05) is 17.5 Å².